The molecule has 3 nitrogen and oxygen atoms in total. The maximum absolute atomic E-state index is 13.4. The molecule has 1 heterocycles. The number of carbonyl (C=O) groups is 1. The van der Waals surface area contributed by atoms with Crippen LogP contribution in [0, 0.1) is 5.92 Å². The van der Waals surface area contributed by atoms with E-state index in [1.807, 2.05) is 74.5 Å². The summed E-state index contributed by atoms with van der Waals surface area (Å²) in [7, 11) is 0. The molecule has 0 aromatic heterocycles. The maximum atomic E-state index is 13.4. The fourth-order valence-corrected chi connectivity index (χ4v) is 4.79. The summed E-state index contributed by atoms with van der Waals surface area (Å²) in [5.41, 5.74) is 0.106. The Morgan fingerprint density at radius 2 is 1.47 bits per heavy atom. The lowest BCUT2D eigenvalue weighted by Crippen LogP contribution is -2.49. The van der Waals surface area contributed by atoms with Crippen LogP contribution in [0.2, 0.25) is 0 Å². The SMILES string of the molecule is CC(C)[C@@H]1N(C(=O)/C=C/c2ccccc2C(F)(F)F)COC1(c1ccccc1)c1ccccc1. The minimum Gasteiger partial charge on any atom is -0.343 e. The normalized spacial score (nSPS) is 18.1. The van der Waals surface area contributed by atoms with Crippen LogP contribution < -0.4 is 0 Å². The van der Waals surface area contributed by atoms with Crippen molar-refractivity contribution in [3.8, 4) is 0 Å². The van der Waals surface area contributed by atoms with Crippen LogP contribution in [-0.2, 0) is 21.3 Å². The van der Waals surface area contributed by atoms with Gasteiger partial charge < -0.3 is 9.64 Å². The van der Waals surface area contributed by atoms with E-state index in [1.54, 1.807) is 4.90 Å². The van der Waals surface area contributed by atoms with Crippen molar-refractivity contribution in [1.29, 1.82) is 0 Å². The Bertz CT molecular complexity index is 1120. The molecular formula is C28H26F3NO2. The Morgan fingerprint density at radius 1 is 0.941 bits per heavy atom. The van der Waals surface area contributed by atoms with Crippen molar-refractivity contribution in [1.82, 2.24) is 4.90 Å². The topological polar surface area (TPSA) is 29.5 Å². The van der Waals surface area contributed by atoms with Gasteiger partial charge in [-0.25, -0.2) is 0 Å². The lowest BCUT2D eigenvalue weighted by atomic mass is 9.75. The number of rotatable bonds is 5. The molecule has 6 heteroatoms. The first-order valence-electron chi connectivity index (χ1n) is 11.1. The summed E-state index contributed by atoms with van der Waals surface area (Å²) >= 11 is 0. The molecule has 4 rings (SSSR count). The standard InChI is InChI=1S/C28H26F3NO2/c1-20(2)26-27(22-12-5-3-6-13-22,23-14-7-4-8-15-23)34-19-32(26)25(33)18-17-21-11-9-10-16-24(21)28(29,30)31/h3-18,20,26H,19H2,1-2H3/b18-17+/t26-/m0/s1. The van der Waals surface area contributed by atoms with Gasteiger partial charge in [-0.1, -0.05) is 92.7 Å². The van der Waals surface area contributed by atoms with Crippen LogP contribution in [0.4, 0.5) is 13.2 Å². The molecule has 0 N–H and O–H groups in total. The minimum atomic E-state index is -4.50. The summed E-state index contributed by atoms with van der Waals surface area (Å²) < 4.78 is 46.6. The highest BCUT2D eigenvalue weighted by Gasteiger charge is 2.53. The summed E-state index contributed by atoms with van der Waals surface area (Å²) in [6.07, 6.45) is -2.07. The Hall–Kier alpha value is -3.38. The van der Waals surface area contributed by atoms with Gasteiger partial charge in [-0.15, -0.1) is 0 Å². The summed E-state index contributed by atoms with van der Waals surface area (Å²) in [5.74, 6) is -0.396. The second-order valence-electron chi connectivity index (χ2n) is 8.66. The molecule has 3 aromatic rings. The zero-order chi connectivity index (χ0) is 24.3. The predicted octanol–water partition coefficient (Wildman–Crippen LogP) is 6.50. The van der Waals surface area contributed by atoms with Gasteiger partial charge in [-0.05, 0) is 34.8 Å². The molecule has 1 aliphatic heterocycles. The van der Waals surface area contributed by atoms with Gasteiger partial charge in [-0.2, -0.15) is 13.2 Å². The van der Waals surface area contributed by atoms with Crippen LogP contribution in [0.25, 0.3) is 6.08 Å². The van der Waals surface area contributed by atoms with Gasteiger partial charge in [0.15, 0.2) is 0 Å². The molecule has 1 atom stereocenters. The third-order valence-electron chi connectivity index (χ3n) is 6.18. The average molecular weight is 466 g/mol. The monoisotopic (exact) mass is 465 g/mol. The van der Waals surface area contributed by atoms with E-state index in [-0.39, 0.29) is 24.3 Å². The van der Waals surface area contributed by atoms with Gasteiger partial charge >= 0.3 is 6.18 Å². The third-order valence-corrected chi connectivity index (χ3v) is 6.18. The molecule has 0 spiro atoms. The summed E-state index contributed by atoms with van der Waals surface area (Å²) in [5, 5.41) is 0. The zero-order valence-corrected chi connectivity index (χ0v) is 19.0. The van der Waals surface area contributed by atoms with Crippen molar-refractivity contribution < 1.29 is 22.7 Å². The Labute approximate surface area is 197 Å². The molecule has 0 aliphatic carbocycles. The molecule has 1 amide bonds. The van der Waals surface area contributed by atoms with Crippen molar-refractivity contribution in [2.75, 3.05) is 6.73 Å². The second-order valence-corrected chi connectivity index (χ2v) is 8.66. The molecule has 1 fully saturated rings. The van der Waals surface area contributed by atoms with Gasteiger partial charge in [0.2, 0.25) is 5.91 Å². The van der Waals surface area contributed by atoms with Gasteiger partial charge in [-0.3, -0.25) is 4.79 Å². The number of hydrogen-bond donors (Lipinski definition) is 0. The number of amides is 1. The van der Waals surface area contributed by atoms with Crippen molar-refractivity contribution in [3.05, 3.63) is 113 Å². The first-order chi connectivity index (χ1) is 16.2. The van der Waals surface area contributed by atoms with Crippen molar-refractivity contribution >= 4 is 12.0 Å². The fourth-order valence-electron chi connectivity index (χ4n) is 4.79. The molecule has 1 aliphatic rings. The zero-order valence-electron chi connectivity index (χ0n) is 19.0. The number of halogens is 3. The molecule has 1 saturated heterocycles. The van der Waals surface area contributed by atoms with E-state index in [2.05, 4.69) is 0 Å². The van der Waals surface area contributed by atoms with Crippen LogP contribution in [0.15, 0.2) is 91.0 Å². The molecule has 3 aromatic carbocycles. The first kappa shape index (κ1) is 23.8. The van der Waals surface area contributed by atoms with Gasteiger partial charge in [0.1, 0.15) is 12.3 Å². The number of ether oxygens (including phenoxy) is 1. The Morgan fingerprint density at radius 3 is 2.00 bits per heavy atom. The molecular weight excluding hydrogens is 439 g/mol. The van der Waals surface area contributed by atoms with E-state index in [0.717, 1.165) is 17.2 Å². The average Bonchev–Trinajstić information content (AvgIpc) is 3.25. The molecule has 0 bridgehead atoms. The lowest BCUT2D eigenvalue weighted by molar-refractivity contribution is -0.137. The molecule has 0 unspecified atom stereocenters. The molecule has 176 valence electrons. The van der Waals surface area contributed by atoms with Crippen LogP contribution >= 0.6 is 0 Å². The van der Waals surface area contributed by atoms with E-state index in [1.165, 1.54) is 30.4 Å². The van der Waals surface area contributed by atoms with Crippen molar-refractivity contribution in [2.45, 2.75) is 31.7 Å². The quantitative estimate of drug-likeness (QED) is 0.403. The predicted molar refractivity (Wildman–Crippen MR) is 126 cm³/mol. The Balaban J connectivity index is 1.73. The fraction of sp³-hybridized carbons (Fsp3) is 0.250. The number of benzene rings is 3. The number of carbonyl (C=O) groups excluding carboxylic acids is 1. The highest BCUT2D eigenvalue weighted by molar-refractivity contribution is 5.92. The highest BCUT2D eigenvalue weighted by Crippen LogP contribution is 2.46. The minimum absolute atomic E-state index is 0.00252. The van der Waals surface area contributed by atoms with E-state index in [9.17, 15) is 18.0 Å². The molecule has 0 saturated carbocycles. The van der Waals surface area contributed by atoms with Crippen LogP contribution in [0.3, 0.4) is 0 Å². The summed E-state index contributed by atoms with van der Waals surface area (Å²) in [6, 6.07) is 24.3. The summed E-state index contributed by atoms with van der Waals surface area (Å²) in [4.78, 5) is 14.9. The third kappa shape index (κ3) is 4.38. The van der Waals surface area contributed by atoms with E-state index >= 15 is 0 Å². The van der Waals surface area contributed by atoms with Crippen LogP contribution in [0.1, 0.15) is 36.1 Å². The van der Waals surface area contributed by atoms with Gasteiger partial charge in [0.25, 0.3) is 0 Å². The first-order valence-corrected chi connectivity index (χ1v) is 11.1. The molecule has 34 heavy (non-hydrogen) atoms. The van der Waals surface area contributed by atoms with Crippen molar-refractivity contribution in [2.24, 2.45) is 5.92 Å². The molecule has 0 radical (unpaired) electrons. The Kier molecular flexibility index (Phi) is 6.62. The van der Waals surface area contributed by atoms with Crippen LogP contribution in [-0.4, -0.2) is 23.6 Å². The van der Waals surface area contributed by atoms with E-state index < -0.39 is 23.2 Å². The number of nitrogens with zero attached hydrogens (tertiary/aromatic N) is 1. The number of hydrogen-bond acceptors (Lipinski definition) is 2. The van der Waals surface area contributed by atoms with Crippen LogP contribution in [0.5, 0.6) is 0 Å². The van der Waals surface area contributed by atoms with Crippen molar-refractivity contribution in [3.63, 3.8) is 0 Å². The van der Waals surface area contributed by atoms with Gasteiger partial charge in [0, 0.05) is 6.08 Å². The lowest BCUT2D eigenvalue weighted by Gasteiger charge is -2.39. The highest BCUT2D eigenvalue weighted by atomic mass is 19.4. The van der Waals surface area contributed by atoms with E-state index in [0.29, 0.717) is 0 Å². The van der Waals surface area contributed by atoms with Gasteiger partial charge in [0.05, 0.1) is 11.6 Å². The van der Waals surface area contributed by atoms with E-state index in [4.69, 9.17) is 4.74 Å². The smallest absolute Gasteiger partial charge is 0.343 e. The maximum Gasteiger partial charge on any atom is 0.416 e. The largest absolute Gasteiger partial charge is 0.416 e. The number of alkyl halides is 3. The second kappa shape index (κ2) is 9.47. The summed E-state index contributed by atoms with van der Waals surface area (Å²) in [6.45, 7) is 4.06.